The Hall–Kier alpha value is -2.89. The first-order chi connectivity index (χ1) is 9.00. The number of carbonyl (C=O) groups excluding carboxylic acids is 1. The molecule has 6 nitrogen and oxygen atoms in total. The van der Waals surface area contributed by atoms with Crippen molar-refractivity contribution in [3.05, 3.63) is 63.7 Å². The number of phenols is 2. The van der Waals surface area contributed by atoms with Gasteiger partial charge in [0.05, 0.1) is 10.5 Å². The van der Waals surface area contributed by atoms with E-state index in [0.717, 1.165) is 12.1 Å². The lowest BCUT2D eigenvalue weighted by molar-refractivity contribution is -0.385. The molecule has 6 heteroatoms. The van der Waals surface area contributed by atoms with Gasteiger partial charge in [0.1, 0.15) is 5.75 Å². The number of nitro groups is 1. The molecule has 0 bridgehead atoms. The second-order valence-corrected chi connectivity index (χ2v) is 3.81. The fourth-order valence-electron chi connectivity index (χ4n) is 1.64. The van der Waals surface area contributed by atoms with Crippen LogP contribution in [-0.2, 0) is 0 Å². The summed E-state index contributed by atoms with van der Waals surface area (Å²) in [5, 5.41) is 29.6. The molecule has 0 aliphatic heterocycles. The van der Waals surface area contributed by atoms with E-state index >= 15 is 0 Å². The summed E-state index contributed by atoms with van der Waals surface area (Å²) < 4.78 is 0. The molecular formula is C13H9NO5. The highest BCUT2D eigenvalue weighted by Gasteiger charge is 2.22. The van der Waals surface area contributed by atoms with Crippen LogP contribution in [0.1, 0.15) is 15.9 Å². The third-order valence-electron chi connectivity index (χ3n) is 2.57. The topological polar surface area (TPSA) is 101 Å². The summed E-state index contributed by atoms with van der Waals surface area (Å²) >= 11 is 0. The van der Waals surface area contributed by atoms with Crippen molar-refractivity contribution < 1.29 is 19.9 Å². The van der Waals surface area contributed by atoms with E-state index in [9.17, 15) is 25.1 Å². The number of aromatic hydroxyl groups is 2. The van der Waals surface area contributed by atoms with Gasteiger partial charge in [-0.2, -0.15) is 0 Å². The molecular weight excluding hydrogens is 250 g/mol. The molecule has 19 heavy (non-hydrogen) atoms. The van der Waals surface area contributed by atoms with Gasteiger partial charge in [-0.3, -0.25) is 14.9 Å². The molecule has 96 valence electrons. The number of ketones is 1. The van der Waals surface area contributed by atoms with Gasteiger partial charge in [-0.15, -0.1) is 0 Å². The maximum absolute atomic E-state index is 12.1. The standard InChI is InChI=1S/C13H9NO5/c15-11-7-12(16)10(14(18)19)6-9(11)13(17)8-4-2-1-3-5-8/h1-7,15-16H. The van der Waals surface area contributed by atoms with Crippen LogP contribution in [0.5, 0.6) is 11.5 Å². The van der Waals surface area contributed by atoms with E-state index in [1.165, 1.54) is 12.1 Å². The SMILES string of the molecule is O=C(c1ccccc1)c1cc([N+](=O)[O-])c(O)cc1O. The van der Waals surface area contributed by atoms with Crippen molar-refractivity contribution >= 4 is 11.5 Å². The van der Waals surface area contributed by atoms with Crippen LogP contribution in [0.3, 0.4) is 0 Å². The van der Waals surface area contributed by atoms with Crippen molar-refractivity contribution in [2.24, 2.45) is 0 Å². The van der Waals surface area contributed by atoms with E-state index < -0.39 is 27.9 Å². The van der Waals surface area contributed by atoms with Crippen LogP contribution in [0.4, 0.5) is 5.69 Å². The lowest BCUT2D eigenvalue weighted by atomic mass is 10.0. The van der Waals surface area contributed by atoms with Crippen LogP contribution in [0.2, 0.25) is 0 Å². The predicted octanol–water partition coefficient (Wildman–Crippen LogP) is 2.24. The highest BCUT2D eigenvalue weighted by Crippen LogP contribution is 2.33. The largest absolute Gasteiger partial charge is 0.507 e. The summed E-state index contributed by atoms with van der Waals surface area (Å²) in [7, 11) is 0. The quantitative estimate of drug-likeness (QED) is 0.500. The van der Waals surface area contributed by atoms with Crippen molar-refractivity contribution in [3.63, 3.8) is 0 Å². The Morgan fingerprint density at radius 1 is 1.05 bits per heavy atom. The molecule has 0 aliphatic rings. The van der Waals surface area contributed by atoms with Gasteiger partial charge in [0.25, 0.3) is 0 Å². The van der Waals surface area contributed by atoms with Crippen LogP contribution >= 0.6 is 0 Å². The molecule has 0 aromatic heterocycles. The third kappa shape index (κ3) is 2.37. The van der Waals surface area contributed by atoms with E-state index in [0.29, 0.717) is 0 Å². The number of rotatable bonds is 3. The molecule has 0 radical (unpaired) electrons. The molecule has 0 aliphatic carbocycles. The smallest absolute Gasteiger partial charge is 0.311 e. The number of phenolic OH excluding ortho intramolecular Hbond substituents is 2. The maximum atomic E-state index is 12.1. The summed E-state index contributed by atoms with van der Waals surface area (Å²) in [4.78, 5) is 22.0. The number of nitro benzene ring substituents is 1. The second-order valence-electron chi connectivity index (χ2n) is 3.81. The average molecular weight is 259 g/mol. The predicted molar refractivity (Wildman–Crippen MR) is 66.3 cm³/mol. The summed E-state index contributed by atoms with van der Waals surface area (Å²) in [6, 6.07) is 9.70. The maximum Gasteiger partial charge on any atom is 0.311 e. The van der Waals surface area contributed by atoms with Gasteiger partial charge < -0.3 is 10.2 Å². The van der Waals surface area contributed by atoms with Crippen molar-refractivity contribution in [2.45, 2.75) is 0 Å². The molecule has 0 amide bonds. The Morgan fingerprint density at radius 2 is 1.68 bits per heavy atom. The van der Waals surface area contributed by atoms with Gasteiger partial charge in [-0.1, -0.05) is 30.3 Å². The Kier molecular flexibility index (Phi) is 3.15. The normalized spacial score (nSPS) is 10.1. The molecule has 2 aromatic carbocycles. The first-order valence-corrected chi connectivity index (χ1v) is 5.31. The van der Waals surface area contributed by atoms with Crippen molar-refractivity contribution in [1.29, 1.82) is 0 Å². The van der Waals surface area contributed by atoms with Gasteiger partial charge in [-0.05, 0) is 0 Å². The highest BCUT2D eigenvalue weighted by atomic mass is 16.6. The third-order valence-corrected chi connectivity index (χ3v) is 2.57. The van der Waals surface area contributed by atoms with Crippen molar-refractivity contribution in [3.8, 4) is 11.5 Å². The van der Waals surface area contributed by atoms with Crippen molar-refractivity contribution in [1.82, 2.24) is 0 Å². The lowest BCUT2D eigenvalue weighted by Crippen LogP contribution is -2.02. The van der Waals surface area contributed by atoms with Gasteiger partial charge in [0.15, 0.2) is 11.5 Å². The Balaban J connectivity index is 2.54. The number of hydrogen-bond donors (Lipinski definition) is 2. The molecule has 0 fully saturated rings. The number of nitrogens with zero attached hydrogens (tertiary/aromatic N) is 1. The molecule has 0 saturated carbocycles. The molecule has 2 rings (SSSR count). The summed E-state index contributed by atoms with van der Waals surface area (Å²) in [6.45, 7) is 0. The van der Waals surface area contributed by atoms with Crippen LogP contribution < -0.4 is 0 Å². The van der Waals surface area contributed by atoms with Gasteiger partial charge in [0.2, 0.25) is 0 Å². The Labute approximate surface area is 107 Å². The molecule has 0 unspecified atom stereocenters. The lowest BCUT2D eigenvalue weighted by Gasteiger charge is -2.05. The molecule has 2 N–H and O–H groups in total. The zero-order valence-electron chi connectivity index (χ0n) is 9.61. The zero-order valence-corrected chi connectivity index (χ0v) is 9.61. The minimum atomic E-state index is -0.823. The summed E-state index contributed by atoms with van der Waals surface area (Å²) in [5.41, 5.74) is -0.564. The van der Waals surface area contributed by atoms with Crippen LogP contribution in [0.25, 0.3) is 0 Å². The minimum Gasteiger partial charge on any atom is -0.507 e. The summed E-state index contributed by atoms with van der Waals surface area (Å²) in [6.07, 6.45) is 0. The fourth-order valence-corrected chi connectivity index (χ4v) is 1.64. The van der Waals surface area contributed by atoms with E-state index in [-0.39, 0.29) is 11.1 Å². The minimum absolute atomic E-state index is 0.226. The Bertz CT molecular complexity index is 652. The second kappa shape index (κ2) is 4.77. The van der Waals surface area contributed by atoms with Gasteiger partial charge in [-0.25, -0.2) is 0 Å². The van der Waals surface area contributed by atoms with E-state index in [1.807, 2.05) is 0 Å². The van der Waals surface area contributed by atoms with Gasteiger partial charge >= 0.3 is 5.69 Å². The zero-order chi connectivity index (χ0) is 14.0. The van der Waals surface area contributed by atoms with Gasteiger partial charge in [0, 0.05) is 17.7 Å². The van der Waals surface area contributed by atoms with E-state index in [2.05, 4.69) is 0 Å². The van der Waals surface area contributed by atoms with Crippen molar-refractivity contribution in [2.75, 3.05) is 0 Å². The average Bonchev–Trinajstić information content (AvgIpc) is 2.38. The Morgan fingerprint density at radius 3 is 2.26 bits per heavy atom. The summed E-state index contributed by atoms with van der Waals surface area (Å²) in [5.74, 6) is -1.75. The molecule has 2 aromatic rings. The molecule has 0 spiro atoms. The van der Waals surface area contributed by atoms with Crippen LogP contribution in [-0.4, -0.2) is 20.9 Å². The number of carbonyl (C=O) groups is 1. The highest BCUT2D eigenvalue weighted by molar-refractivity contribution is 6.11. The fraction of sp³-hybridized carbons (Fsp3) is 0. The first kappa shape index (κ1) is 12.6. The van der Waals surface area contributed by atoms with Crippen LogP contribution in [0, 0.1) is 10.1 Å². The number of hydrogen-bond acceptors (Lipinski definition) is 5. The van der Waals surface area contributed by atoms with E-state index in [4.69, 9.17) is 0 Å². The number of benzene rings is 2. The first-order valence-electron chi connectivity index (χ1n) is 5.31. The molecule has 0 heterocycles. The monoisotopic (exact) mass is 259 g/mol. The van der Waals surface area contributed by atoms with E-state index in [1.54, 1.807) is 18.2 Å². The molecule has 0 saturated heterocycles. The van der Waals surface area contributed by atoms with Crippen LogP contribution in [0.15, 0.2) is 42.5 Å². The molecule has 0 atom stereocenters.